The topological polar surface area (TPSA) is 201 Å². The summed E-state index contributed by atoms with van der Waals surface area (Å²) in [5.41, 5.74) is 9.81. The molecule has 14 heteroatoms. The van der Waals surface area contributed by atoms with Crippen molar-refractivity contribution in [3.63, 3.8) is 0 Å². The molecule has 0 radical (unpaired) electrons. The number of aliphatic carboxylic acids is 4. The summed E-state index contributed by atoms with van der Waals surface area (Å²) in [5.74, 6) is -3.33. The molecule has 0 rings (SSSR count). The summed E-state index contributed by atoms with van der Waals surface area (Å²) in [6.45, 7) is 5.53. The van der Waals surface area contributed by atoms with Gasteiger partial charge in [0.15, 0.2) is 0 Å². The molecule has 0 bridgehead atoms. The van der Waals surface area contributed by atoms with Crippen LogP contribution in [0, 0.1) is 0 Å². The fourth-order valence-corrected chi connectivity index (χ4v) is 0. The van der Waals surface area contributed by atoms with Crippen LogP contribution in [-0.4, -0.2) is 57.4 Å². The van der Waals surface area contributed by atoms with Crippen molar-refractivity contribution in [1.29, 1.82) is 0 Å². The van der Waals surface area contributed by atoms with Gasteiger partial charge in [-0.1, -0.05) is 0 Å². The summed E-state index contributed by atoms with van der Waals surface area (Å²) in [5, 5.41) is 29.7. The standard InChI is InChI=1S/C2H8N2.4C2H4O2.4Li.4H/c3-1-2-4;4*1-2(3)4;;;;;;;;/h1-4H2;4*1H3,(H,3,4);;;;;;;;/q;;;;;4*+1;4*-1. The molecular formula is C10H28Li4N2O8. The third kappa shape index (κ3) is 7040. The monoisotopic (exact) mass is 332 g/mol. The molecule has 0 aromatic heterocycles. The fourth-order valence-electron chi connectivity index (χ4n) is 0. The molecule has 0 heterocycles. The van der Waals surface area contributed by atoms with Crippen molar-refractivity contribution in [2.24, 2.45) is 11.5 Å². The van der Waals surface area contributed by atoms with Crippen LogP contribution in [0.25, 0.3) is 0 Å². The number of hydrogen-bond donors (Lipinski definition) is 6. The Kier molecular flexibility index (Phi) is 133. The Morgan fingerprint density at radius 1 is 0.583 bits per heavy atom. The number of carboxylic acid groups (broad SMARTS) is 4. The van der Waals surface area contributed by atoms with Gasteiger partial charge in [0.1, 0.15) is 0 Å². The molecule has 0 aromatic rings. The van der Waals surface area contributed by atoms with E-state index in [1.807, 2.05) is 0 Å². The Hall–Kier alpha value is 0.190. The fraction of sp³-hybridized carbons (Fsp3) is 0.600. The normalized spacial score (nSPS) is 5.42. The summed E-state index contributed by atoms with van der Waals surface area (Å²) < 4.78 is 0. The van der Waals surface area contributed by atoms with Gasteiger partial charge in [-0.05, 0) is 0 Å². The van der Waals surface area contributed by atoms with Crippen LogP contribution in [0.1, 0.15) is 33.4 Å². The molecule has 0 fully saturated rings. The maximum Gasteiger partial charge on any atom is 1.00 e. The summed E-state index contributed by atoms with van der Waals surface area (Å²) in [6.07, 6.45) is 0. The maximum absolute atomic E-state index is 9.00. The minimum Gasteiger partial charge on any atom is -1.00 e. The van der Waals surface area contributed by atoms with Gasteiger partial charge in [0.2, 0.25) is 0 Å². The van der Waals surface area contributed by atoms with E-state index in [-0.39, 0.29) is 81.1 Å². The summed E-state index contributed by atoms with van der Waals surface area (Å²) in [6, 6.07) is 0. The van der Waals surface area contributed by atoms with Crippen molar-refractivity contribution < 1.29 is 121 Å². The van der Waals surface area contributed by atoms with E-state index in [4.69, 9.17) is 51.1 Å². The Balaban J connectivity index is -0.00000000852. The molecule has 0 atom stereocenters. The van der Waals surface area contributed by atoms with E-state index in [0.717, 1.165) is 27.7 Å². The van der Waals surface area contributed by atoms with Gasteiger partial charge in [-0.2, -0.15) is 0 Å². The third-order valence-corrected chi connectivity index (χ3v) is 0.167. The van der Waals surface area contributed by atoms with Crippen LogP contribution in [0.2, 0.25) is 0 Å². The molecule has 0 aliphatic rings. The maximum atomic E-state index is 9.00. The first kappa shape index (κ1) is 56.4. The number of hydrogen-bond acceptors (Lipinski definition) is 6. The Labute approximate surface area is 196 Å². The quantitative estimate of drug-likeness (QED) is 0.250. The van der Waals surface area contributed by atoms with Crippen molar-refractivity contribution in [1.82, 2.24) is 0 Å². The first-order chi connectivity index (χ1) is 8.84. The van der Waals surface area contributed by atoms with Crippen LogP contribution in [0.3, 0.4) is 0 Å². The second-order valence-electron chi connectivity index (χ2n) is 2.65. The van der Waals surface area contributed by atoms with Crippen LogP contribution >= 0.6 is 0 Å². The molecule has 0 saturated carbocycles. The smallest absolute Gasteiger partial charge is 1.00 e. The molecule has 24 heavy (non-hydrogen) atoms. The van der Waals surface area contributed by atoms with Crippen LogP contribution in [0.4, 0.5) is 0 Å². The van der Waals surface area contributed by atoms with Crippen molar-refractivity contribution in [2.75, 3.05) is 13.1 Å². The first-order valence-corrected chi connectivity index (χ1v) is 5.03. The molecule has 0 saturated heterocycles. The minimum atomic E-state index is -0.833. The second-order valence-corrected chi connectivity index (χ2v) is 2.65. The van der Waals surface area contributed by atoms with E-state index in [0.29, 0.717) is 13.1 Å². The number of nitrogens with two attached hydrogens (primary N) is 2. The SMILES string of the molecule is CC(=O)O.CC(=O)O.CC(=O)O.CC(=O)O.NCCN.[H-].[H-].[H-].[H-].[Li+].[Li+].[Li+].[Li+]. The number of carboxylic acids is 4. The Morgan fingerprint density at radius 3 is 0.625 bits per heavy atom. The van der Waals surface area contributed by atoms with E-state index in [1.54, 1.807) is 0 Å². The summed E-state index contributed by atoms with van der Waals surface area (Å²) in [7, 11) is 0. The minimum absolute atomic E-state index is 0. The molecule has 0 amide bonds. The Bertz CT molecular complexity index is 222. The van der Waals surface area contributed by atoms with E-state index >= 15 is 0 Å². The number of rotatable bonds is 1. The van der Waals surface area contributed by atoms with Gasteiger partial charge in [0.05, 0.1) is 0 Å². The molecule has 8 N–H and O–H groups in total. The molecule has 0 aliphatic carbocycles. The van der Waals surface area contributed by atoms with Gasteiger partial charge in [0.25, 0.3) is 23.9 Å². The first-order valence-electron chi connectivity index (χ1n) is 5.03. The van der Waals surface area contributed by atoms with E-state index in [2.05, 4.69) is 0 Å². The van der Waals surface area contributed by atoms with Crippen molar-refractivity contribution in [2.45, 2.75) is 27.7 Å². The summed E-state index contributed by atoms with van der Waals surface area (Å²) >= 11 is 0. The molecule has 0 spiro atoms. The van der Waals surface area contributed by atoms with Gasteiger partial charge in [-0.25, -0.2) is 0 Å². The number of carbonyl (C=O) groups is 4. The van der Waals surface area contributed by atoms with Gasteiger partial charge in [-0.3, -0.25) is 19.2 Å². The zero-order chi connectivity index (χ0) is 17.7. The van der Waals surface area contributed by atoms with Gasteiger partial charge in [0, 0.05) is 40.8 Å². The van der Waals surface area contributed by atoms with Crippen LogP contribution < -0.4 is 86.9 Å². The third-order valence-electron chi connectivity index (χ3n) is 0.167. The van der Waals surface area contributed by atoms with Crippen LogP contribution in [0.5, 0.6) is 0 Å². The van der Waals surface area contributed by atoms with Crippen molar-refractivity contribution in [3.8, 4) is 0 Å². The summed E-state index contributed by atoms with van der Waals surface area (Å²) in [4.78, 5) is 36.0. The zero-order valence-electron chi connectivity index (χ0n) is 20.0. The molecular weight excluding hydrogens is 304 g/mol. The van der Waals surface area contributed by atoms with Gasteiger partial charge in [-0.15, -0.1) is 0 Å². The van der Waals surface area contributed by atoms with Crippen molar-refractivity contribution in [3.05, 3.63) is 0 Å². The molecule has 10 nitrogen and oxygen atoms in total. The van der Waals surface area contributed by atoms with E-state index < -0.39 is 23.9 Å². The van der Waals surface area contributed by atoms with Gasteiger partial charge < -0.3 is 37.6 Å². The average molecular weight is 332 g/mol. The predicted octanol–water partition coefficient (Wildman–Crippen LogP) is -12.3. The molecule has 0 aromatic carbocycles. The second kappa shape index (κ2) is 56.7. The predicted molar refractivity (Wildman–Crippen MR) is 75.8 cm³/mol. The largest absolute Gasteiger partial charge is 1.00 e. The van der Waals surface area contributed by atoms with Crippen LogP contribution in [0.15, 0.2) is 0 Å². The molecule has 0 unspecified atom stereocenters. The molecule has 130 valence electrons. The van der Waals surface area contributed by atoms with Gasteiger partial charge >= 0.3 is 75.4 Å². The Morgan fingerprint density at radius 2 is 0.625 bits per heavy atom. The van der Waals surface area contributed by atoms with E-state index in [9.17, 15) is 0 Å². The zero-order valence-corrected chi connectivity index (χ0v) is 16.0. The molecule has 0 aliphatic heterocycles. The van der Waals surface area contributed by atoms with Crippen LogP contribution in [-0.2, 0) is 19.2 Å². The van der Waals surface area contributed by atoms with Crippen molar-refractivity contribution >= 4 is 23.9 Å². The van der Waals surface area contributed by atoms with E-state index in [1.165, 1.54) is 0 Å². The average Bonchev–Trinajstić information content (AvgIpc) is 2.13.